The van der Waals surface area contributed by atoms with E-state index in [-0.39, 0.29) is 0 Å². The van der Waals surface area contributed by atoms with Gasteiger partial charge in [0.15, 0.2) is 0 Å². The van der Waals surface area contributed by atoms with E-state index in [4.69, 9.17) is 4.74 Å². The normalized spacial score (nSPS) is 24.1. The Morgan fingerprint density at radius 3 is 2.89 bits per heavy atom. The van der Waals surface area contributed by atoms with E-state index in [1.807, 2.05) is 6.07 Å². The Morgan fingerprint density at radius 1 is 1.21 bits per heavy atom. The third-order valence-corrected chi connectivity index (χ3v) is 4.44. The highest BCUT2D eigenvalue weighted by Gasteiger charge is 2.22. The number of benzene rings is 1. The lowest BCUT2D eigenvalue weighted by atomic mass is 9.87. The molecule has 2 aliphatic rings. The quantitative estimate of drug-likeness (QED) is 0.879. The summed E-state index contributed by atoms with van der Waals surface area (Å²) >= 11 is 0. The number of hydrogen-bond donors (Lipinski definition) is 2. The van der Waals surface area contributed by atoms with Crippen LogP contribution in [-0.2, 0) is 11.2 Å². The lowest BCUT2D eigenvalue weighted by Crippen LogP contribution is -2.32. The number of rotatable bonds is 3. The smallest absolute Gasteiger partial charge is 0.115 e. The molecule has 0 saturated carbocycles. The highest BCUT2D eigenvalue weighted by molar-refractivity contribution is 5.38. The van der Waals surface area contributed by atoms with Crippen molar-refractivity contribution in [3.8, 4) is 5.75 Å². The van der Waals surface area contributed by atoms with Gasteiger partial charge in [0.2, 0.25) is 0 Å². The van der Waals surface area contributed by atoms with E-state index in [1.165, 1.54) is 36.8 Å². The largest absolute Gasteiger partial charge is 0.508 e. The summed E-state index contributed by atoms with van der Waals surface area (Å²) in [6.45, 7) is 2.89. The molecule has 2 N–H and O–H groups in total. The molecule has 0 spiro atoms. The minimum atomic E-state index is 0.388. The summed E-state index contributed by atoms with van der Waals surface area (Å²) in [7, 11) is 0. The van der Waals surface area contributed by atoms with Gasteiger partial charge in [-0.3, -0.25) is 0 Å². The van der Waals surface area contributed by atoms with Crippen molar-refractivity contribution in [1.82, 2.24) is 5.32 Å². The van der Waals surface area contributed by atoms with Gasteiger partial charge in [-0.2, -0.15) is 0 Å². The summed E-state index contributed by atoms with van der Waals surface area (Å²) < 4.78 is 5.40. The van der Waals surface area contributed by atoms with Crippen molar-refractivity contribution in [3.63, 3.8) is 0 Å². The number of hydrogen-bond acceptors (Lipinski definition) is 3. The molecule has 1 aromatic rings. The third kappa shape index (κ3) is 3.10. The van der Waals surface area contributed by atoms with Crippen LogP contribution in [0.5, 0.6) is 5.75 Å². The number of phenols is 1. The number of aryl methyl sites for hydroxylation is 1. The summed E-state index contributed by atoms with van der Waals surface area (Å²) in [5.41, 5.74) is 2.70. The van der Waals surface area contributed by atoms with E-state index in [9.17, 15) is 5.11 Å². The average Bonchev–Trinajstić information content (AvgIpc) is 2.46. The van der Waals surface area contributed by atoms with Gasteiger partial charge in [0.1, 0.15) is 5.75 Å². The fourth-order valence-corrected chi connectivity index (χ4v) is 3.26. The minimum Gasteiger partial charge on any atom is -0.508 e. The Morgan fingerprint density at radius 2 is 2.05 bits per heavy atom. The van der Waals surface area contributed by atoms with Gasteiger partial charge in [0, 0.05) is 19.3 Å². The molecular formula is C16H23NO2. The molecule has 1 heterocycles. The molecule has 3 nitrogen and oxygen atoms in total. The van der Waals surface area contributed by atoms with Crippen LogP contribution in [0, 0.1) is 5.92 Å². The molecule has 1 unspecified atom stereocenters. The maximum Gasteiger partial charge on any atom is 0.115 e. The predicted molar refractivity (Wildman–Crippen MR) is 75.3 cm³/mol. The summed E-state index contributed by atoms with van der Waals surface area (Å²) in [6, 6.07) is 6.24. The van der Waals surface area contributed by atoms with Crippen molar-refractivity contribution in [2.24, 2.45) is 5.92 Å². The van der Waals surface area contributed by atoms with Crippen molar-refractivity contribution in [1.29, 1.82) is 0 Å². The molecule has 1 aromatic carbocycles. The summed E-state index contributed by atoms with van der Waals surface area (Å²) in [5.74, 6) is 1.13. The van der Waals surface area contributed by atoms with Gasteiger partial charge in [-0.25, -0.2) is 0 Å². The van der Waals surface area contributed by atoms with E-state index in [0.29, 0.717) is 11.8 Å². The number of ether oxygens (including phenoxy) is 1. The van der Waals surface area contributed by atoms with Crippen molar-refractivity contribution >= 4 is 0 Å². The second-order valence-electron chi connectivity index (χ2n) is 5.79. The molecule has 1 saturated heterocycles. The van der Waals surface area contributed by atoms with Crippen molar-refractivity contribution in [3.05, 3.63) is 29.3 Å². The van der Waals surface area contributed by atoms with E-state index >= 15 is 0 Å². The maximum absolute atomic E-state index is 9.68. The first-order chi connectivity index (χ1) is 9.33. The van der Waals surface area contributed by atoms with E-state index < -0.39 is 0 Å². The van der Waals surface area contributed by atoms with E-state index in [1.54, 1.807) is 6.07 Å². The van der Waals surface area contributed by atoms with Crippen LogP contribution in [0.2, 0.25) is 0 Å². The van der Waals surface area contributed by atoms with Gasteiger partial charge < -0.3 is 15.2 Å². The van der Waals surface area contributed by atoms with Crippen LogP contribution >= 0.6 is 0 Å². The molecule has 1 aliphatic carbocycles. The molecule has 1 atom stereocenters. The van der Waals surface area contributed by atoms with Crippen LogP contribution in [0.1, 0.15) is 42.9 Å². The molecule has 1 aliphatic heterocycles. The summed E-state index contributed by atoms with van der Waals surface area (Å²) in [5, 5.41) is 13.4. The molecule has 0 radical (unpaired) electrons. The molecule has 1 fully saturated rings. The molecule has 0 amide bonds. The zero-order valence-corrected chi connectivity index (χ0v) is 11.4. The monoisotopic (exact) mass is 261 g/mol. The molecule has 0 aromatic heterocycles. The zero-order chi connectivity index (χ0) is 13.1. The summed E-state index contributed by atoms with van der Waals surface area (Å²) in [6.07, 6.45) is 5.91. The standard InChI is InChI=1S/C16H23NO2/c18-14-5-4-13-2-1-3-16(15(13)10-14)17-11-12-6-8-19-9-7-12/h4-5,10,12,16-18H,1-3,6-9,11H2. The van der Waals surface area contributed by atoms with Crippen LogP contribution < -0.4 is 5.32 Å². The average molecular weight is 261 g/mol. The highest BCUT2D eigenvalue weighted by atomic mass is 16.5. The molecule has 3 heteroatoms. The molecular weight excluding hydrogens is 238 g/mol. The summed E-state index contributed by atoms with van der Waals surface area (Å²) in [4.78, 5) is 0. The molecule has 104 valence electrons. The first-order valence-corrected chi connectivity index (χ1v) is 7.46. The Balaban J connectivity index is 1.64. The Labute approximate surface area is 115 Å². The van der Waals surface area contributed by atoms with Gasteiger partial charge in [-0.15, -0.1) is 0 Å². The van der Waals surface area contributed by atoms with Crippen molar-refractivity contribution in [2.45, 2.75) is 38.1 Å². The van der Waals surface area contributed by atoms with Gasteiger partial charge in [0.25, 0.3) is 0 Å². The van der Waals surface area contributed by atoms with Crippen LogP contribution in [0.25, 0.3) is 0 Å². The zero-order valence-electron chi connectivity index (χ0n) is 11.4. The highest BCUT2D eigenvalue weighted by Crippen LogP contribution is 2.32. The van der Waals surface area contributed by atoms with Gasteiger partial charge >= 0.3 is 0 Å². The fourth-order valence-electron chi connectivity index (χ4n) is 3.26. The lowest BCUT2D eigenvalue weighted by Gasteiger charge is -2.29. The number of aromatic hydroxyl groups is 1. The second kappa shape index (κ2) is 5.93. The first kappa shape index (κ1) is 12.9. The van der Waals surface area contributed by atoms with Gasteiger partial charge in [0.05, 0.1) is 0 Å². The Kier molecular flexibility index (Phi) is 4.04. The minimum absolute atomic E-state index is 0.388. The number of phenolic OH excluding ortho intramolecular Hbond substituents is 1. The van der Waals surface area contributed by atoms with Crippen LogP contribution in [0.15, 0.2) is 18.2 Å². The second-order valence-corrected chi connectivity index (χ2v) is 5.79. The SMILES string of the molecule is Oc1ccc2c(c1)C(NCC1CCOCC1)CCC2. The van der Waals surface area contributed by atoms with E-state index in [2.05, 4.69) is 11.4 Å². The number of fused-ring (bicyclic) bond motifs is 1. The van der Waals surface area contributed by atoms with Crippen LogP contribution in [0.3, 0.4) is 0 Å². The molecule has 3 rings (SSSR count). The maximum atomic E-state index is 9.68. The predicted octanol–water partition coefficient (Wildman–Crippen LogP) is 2.79. The van der Waals surface area contributed by atoms with E-state index in [0.717, 1.165) is 32.1 Å². The first-order valence-electron chi connectivity index (χ1n) is 7.46. The Bertz CT molecular complexity index is 427. The van der Waals surface area contributed by atoms with Crippen molar-refractivity contribution in [2.75, 3.05) is 19.8 Å². The Hall–Kier alpha value is -1.06. The lowest BCUT2D eigenvalue weighted by molar-refractivity contribution is 0.0652. The molecule has 0 bridgehead atoms. The fraction of sp³-hybridized carbons (Fsp3) is 0.625. The van der Waals surface area contributed by atoms with Gasteiger partial charge in [-0.05, 0) is 67.8 Å². The topological polar surface area (TPSA) is 41.5 Å². The third-order valence-electron chi connectivity index (χ3n) is 4.44. The van der Waals surface area contributed by atoms with Crippen molar-refractivity contribution < 1.29 is 9.84 Å². The van der Waals surface area contributed by atoms with Crippen LogP contribution in [-0.4, -0.2) is 24.9 Å². The van der Waals surface area contributed by atoms with Gasteiger partial charge in [-0.1, -0.05) is 6.07 Å². The van der Waals surface area contributed by atoms with Crippen LogP contribution in [0.4, 0.5) is 0 Å². The molecule has 19 heavy (non-hydrogen) atoms. The number of nitrogens with one attached hydrogen (secondary N) is 1.